The smallest absolute Gasteiger partial charge is 0.290 e. The van der Waals surface area contributed by atoms with Crippen molar-refractivity contribution in [1.82, 2.24) is 9.80 Å². The lowest BCUT2D eigenvalue weighted by Crippen LogP contribution is -2.36. The Hall–Kier alpha value is -2.39. The maximum atomic E-state index is 13.0. The van der Waals surface area contributed by atoms with Crippen molar-refractivity contribution in [2.24, 2.45) is 4.99 Å². The third kappa shape index (κ3) is 6.07. The fourth-order valence-electron chi connectivity index (χ4n) is 2.76. The molecule has 0 aliphatic carbocycles. The minimum absolute atomic E-state index is 0.0490. The molecule has 2 aliphatic heterocycles. The van der Waals surface area contributed by atoms with Crippen molar-refractivity contribution in [1.29, 1.82) is 0 Å². The minimum atomic E-state index is -0.302. The van der Waals surface area contributed by atoms with Gasteiger partial charge >= 0.3 is 0 Å². The molecule has 0 saturated heterocycles. The highest BCUT2D eigenvalue weighted by Gasteiger charge is 2.27. The number of benzene rings is 1. The summed E-state index contributed by atoms with van der Waals surface area (Å²) < 4.78 is 13.0. The van der Waals surface area contributed by atoms with Crippen molar-refractivity contribution in [3.63, 3.8) is 0 Å². The molecular formula is C18H22FN3O4S. The average Bonchev–Trinajstić information content (AvgIpc) is 3.07. The molecule has 2 heterocycles. The maximum absolute atomic E-state index is 13.0. The number of aliphatic hydroxyl groups excluding tert-OH is 1. The maximum Gasteiger partial charge on any atom is 0.290 e. The van der Waals surface area contributed by atoms with Crippen LogP contribution in [0.15, 0.2) is 40.4 Å². The number of nitrogens with zero attached hydrogens (tertiary/aromatic N) is 3. The number of carbonyl (C=O) groups is 2. The van der Waals surface area contributed by atoms with Crippen molar-refractivity contribution in [2.45, 2.75) is 19.4 Å². The zero-order valence-electron chi connectivity index (χ0n) is 14.8. The summed E-state index contributed by atoms with van der Waals surface area (Å²) in [6.07, 6.45) is 1.28. The van der Waals surface area contributed by atoms with Gasteiger partial charge in [0.05, 0.1) is 13.0 Å². The van der Waals surface area contributed by atoms with Crippen LogP contribution in [0.4, 0.5) is 4.39 Å². The van der Waals surface area contributed by atoms with E-state index < -0.39 is 0 Å². The van der Waals surface area contributed by atoms with Gasteiger partial charge in [0.1, 0.15) is 5.82 Å². The van der Waals surface area contributed by atoms with Crippen LogP contribution in [0.2, 0.25) is 0 Å². The van der Waals surface area contributed by atoms with E-state index in [1.165, 1.54) is 12.1 Å². The van der Waals surface area contributed by atoms with Crippen LogP contribution in [0.1, 0.15) is 18.4 Å². The van der Waals surface area contributed by atoms with Gasteiger partial charge in [0.2, 0.25) is 5.91 Å². The number of carboxylic acid groups (broad SMARTS) is 1. The first-order valence-corrected chi connectivity index (χ1v) is 9.35. The zero-order chi connectivity index (χ0) is 19.6. The van der Waals surface area contributed by atoms with Crippen molar-refractivity contribution < 1.29 is 24.2 Å². The van der Waals surface area contributed by atoms with Crippen molar-refractivity contribution >= 4 is 29.3 Å². The van der Waals surface area contributed by atoms with Gasteiger partial charge in [-0.25, -0.2) is 4.39 Å². The number of amides is 1. The molecule has 9 heteroatoms. The summed E-state index contributed by atoms with van der Waals surface area (Å²) in [5.74, 6) is -0.351. The standard InChI is InChI=1S/C17H20FN3O2S.CH2O2/c18-14-4-2-13(3-5-14)11-20(8-9-22)16(23)10-15-12-24-17-19-6-1-7-21(15)17;2-1-3/h2-5,12,22H,1,6-11H2;1H,(H,2,3). The van der Waals surface area contributed by atoms with E-state index in [0.717, 1.165) is 35.9 Å². The summed E-state index contributed by atoms with van der Waals surface area (Å²) in [6.45, 7) is 2.01. The molecule has 2 aliphatic rings. The number of aliphatic hydroxyl groups is 1. The van der Waals surface area contributed by atoms with Gasteiger partial charge in [-0.2, -0.15) is 0 Å². The minimum Gasteiger partial charge on any atom is -0.483 e. The molecule has 2 N–H and O–H groups in total. The summed E-state index contributed by atoms with van der Waals surface area (Å²) in [5.41, 5.74) is 1.80. The van der Waals surface area contributed by atoms with Gasteiger partial charge in [-0.1, -0.05) is 23.9 Å². The Balaban J connectivity index is 0.000000817. The van der Waals surface area contributed by atoms with Crippen LogP contribution in [0.3, 0.4) is 0 Å². The van der Waals surface area contributed by atoms with E-state index in [2.05, 4.69) is 9.89 Å². The van der Waals surface area contributed by atoms with Crippen molar-refractivity contribution in [3.05, 3.63) is 46.8 Å². The zero-order valence-corrected chi connectivity index (χ0v) is 15.6. The topological polar surface area (TPSA) is 93.4 Å². The number of carbonyl (C=O) groups excluding carboxylic acids is 1. The lowest BCUT2D eigenvalue weighted by molar-refractivity contribution is -0.131. The van der Waals surface area contributed by atoms with Crippen LogP contribution in [-0.4, -0.2) is 63.8 Å². The number of halogens is 1. The normalized spacial score (nSPS) is 15.1. The Morgan fingerprint density at radius 1 is 1.37 bits per heavy atom. The number of amidine groups is 1. The number of fused-ring (bicyclic) bond motifs is 1. The fraction of sp³-hybridized carbons (Fsp3) is 0.389. The van der Waals surface area contributed by atoms with E-state index in [1.807, 2.05) is 5.41 Å². The van der Waals surface area contributed by atoms with Gasteiger partial charge in [0.15, 0.2) is 5.17 Å². The van der Waals surface area contributed by atoms with Crippen LogP contribution in [-0.2, 0) is 16.1 Å². The van der Waals surface area contributed by atoms with Crippen LogP contribution in [0.5, 0.6) is 0 Å². The predicted molar refractivity (Wildman–Crippen MR) is 102 cm³/mol. The van der Waals surface area contributed by atoms with Crippen LogP contribution in [0.25, 0.3) is 0 Å². The van der Waals surface area contributed by atoms with Gasteiger partial charge in [0, 0.05) is 31.9 Å². The molecule has 3 rings (SSSR count). The average molecular weight is 395 g/mol. The Morgan fingerprint density at radius 2 is 2.07 bits per heavy atom. The predicted octanol–water partition coefficient (Wildman–Crippen LogP) is 1.89. The van der Waals surface area contributed by atoms with Crippen molar-refractivity contribution in [2.75, 3.05) is 26.2 Å². The van der Waals surface area contributed by atoms with Gasteiger partial charge in [-0.3, -0.25) is 14.6 Å². The second-order valence-corrected chi connectivity index (χ2v) is 6.68. The highest BCUT2D eigenvalue weighted by Crippen LogP contribution is 2.31. The fourth-order valence-corrected chi connectivity index (χ4v) is 3.72. The van der Waals surface area contributed by atoms with Gasteiger partial charge in [0.25, 0.3) is 6.47 Å². The summed E-state index contributed by atoms with van der Waals surface area (Å²) in [6, 6.07) is 6.08. The summed E-state index contributed by atoms with van der Waals surface area (Å²) in [7, 11) is 0. The summed E-state index contributed by atoms with van der Waals surface area (Å²) in [5, 5.41) is 19.1. The third-order valence-electron chi connectivity index (χ3n) is 4.01. The van der Waals surface area contributed by atoms with E-state index in [-0.39, 0.29) is 37.8 Å². The molecule has 0 saturated carbocycles. The Kier molecular flexibility index (Phi) is 8.28. The molecular weight excluding hydrogens is 373 g/mol. The number of aliphatic imine (C=N–C) groups is 1. The summed E-state index contributed by atoms with van der Waals surface area (Å²) >= 11 is 1.56. The molecule has 0 unspecified atom stereocenters. The molecule has 0 atom stereocenters. The van der Waals surface area contributed by atoms with E-state index in [4.69, 9.17) is 9.90 Å². The molecule has 1 amide bonds. The molecule has 0 spiro atoms. The Morgan fingerprint density at radius 3 is 2.74 bits per heavy atom. The SMILES string of the molecule is O=C(CC1=CSC2=NCCCN12)N(CCO)Cc1ccc(F)cc1.O=CO. The van der Waals surface area contributed by atoms with Crippen LogP contribution >= 0.6 is 11.8 Å². The number of hydrogen-bond donors (Lipinski definition) is 2. The molecule has 7 nitrogen and oxygen atoms in total. The van der Waals surface area contributed by atoms with Crippen LogP contribution in [0, 0.1) is 5.82 Å². The van der Waals surface area contributed by atoms with E-state index in [1.54, 1.807) is 28.8 Å². The second-order valence-electron chi connectivity index (χ2n) is 5.84. The third-order valence-corrected chi connectivity index (χ3v) is 4.96. The van der Waals surface area contributed by atoms with Crippen LogP contribution < -0.4 is 0 Å². The van der Waals surface area contributed by atoms with Gasteiger partial charge in [-0.15, -0.1) is 0 Å². The molecule has 0 bridgehead atoms. The molecule has 0 radical (unpaired) electrons. The number of thioether (sulfide) groups is 1. The monoisotopic (exact) mass is 395 g/mol. The van der Waals surface area contributed by atoms with E-state index in [0.29, 0.717) is 6.54 Å². The molecule has 0 aromatic heterocycles. The van der Waals surface area contributed by atoms with E-state index >= 15 is 0 Å². The lowest BCUT2D eigenvalue weighted by atomic mass is 10.2. The van der Waals surface area contributed by atoms with Gasteiger partial charge in [-0.05, 0) is 29.5 Å². The Labute approximate surface area is 161 Å². The molecule has 1 aromatic carbocycles. The van der Waals surface area contributed by atoms with Crippen molar-refractivity contribution in [3.8, 4) is 0 Å². The van der Waals surface area contributed by atoms with Gasteiger partial charge < -0.3 is 20.0 Å². The molecule has 27 heavy (non-hydrogen) atoms. The first kappa shape index (κ1) is 20.9. The molecule has 1 aromatic rings. The highest BCUT2D eigenvalue weighted by molar-refractivity contribution is 8.16. The van der Waals surface area contributed by atoms with E-state index in [9.17, 15) is 14.3 Å². The largest absolute Gasteiger partial charge is 0.483 e. The lowest BCUT2D eigenvalue weighted by Gasteiger charge is -2.27. The first-order valence-electron chi connectivity index (χ1n) is 8.47. The summed E-state index contributed by atoms with van der Waals surface area (Å²) in [4.78, 5) is 29.2. The second kappa shape index (κ2) is 10.7. The Bertz CT molecular complexity index is 709. The first-order chi connectivity index (χ1) is 13.1. The molecule has 0 fully saturated rings. The highest BCUT2D eigenvalue weighted by atomic mass is 32.2. The number of hydrogen-bond acceptors (Lipinski definition) is 6. The molecule has 146 valence electrons. The number of rotatable bonds is 6. The quantitative estimate of drug-likeness (QED) is 0.715.